The third-order valence-electron chi connectivity index (χ3n) is 2.27. The molecule has 1 amide bonds. The Labute approximate surface area is 89.9 Å². The molecule has 82 valence electrons. The van der Waals surface area contributed by atoms with Gasteiger partial charge in [0.15, 0.2) is 0 Å². The van der Waals surface area contributed by atoms with Crippen LogP contribution in [0.3, 0.4) is 0 Å². The maximum absolute atomic E-state index is 11.7. The molecule has 0 saturated heterocycles. The van der Waals surface area contributed by atoms with Gasteiger partial charge in [0, 0.05) is 18.3 Å². The fourth-order valence-corrected chi connectivity index (χ4v) is 1.15. The molecule has 1 aromatic carbocycles. The summed E-state index contributed by atoms with van der Waals surface area (Å²) in [5, 5.41) is 5.85. The van der Waals surface area contributed by atoms with Crippen molar-refractivity contribution in [2.24, 2.45) is 0 Å². The van der Waals surface area contributed by atoms with Gasteiger partial charge < -0.3 is 16.4 Å². The van der Waals surface area contributed by atoms with Crippen LogP contribution in [0.4, 0.5) is 5.69 Å². The average molecular weight is 207 g/mol. The number of nitrogens with two attached hydrogens (primary N) is 1. The Balaban J connectivity index is 2.58. The Bertz CT molecular complexity index is 338. The van der Waals surface area contributed by atoms with E-state index in [1.54, 1.807) is 18.2 Å². The van der Waals surface area contributed by atoms with Crippen LogP contribution in [0.5, 0.6) is 0 Å². The highest BCUT2D eigenvalue weighted by Crippen LogP contribution is 2.09. The van der Waals surface area contributed by atoms with Crippen molar-refractivity contribution in [1.29, 1.82) is 0 Å². The number of nitrogens with one attached hydrogen (secondary N) is 2. The number of hydrogen-bond acceptors (Lipinski definition) is 3. The van der Waals surface area contributed by atoms with Crippen LogP contribution in [0.25, 0.3) is 0 Å². The third kappa shape index (κ3) is 3.25. The zero-order valence-corrected chi connectivity index (χ0v) is 9.08. The summed E-state index contributed by atoms with van der Waals surface area (Å²) >= 11 is 0. The number of carbonyl (C=O) groups is 1. The first-order chi connectivity index (χ1) is 7.15. The van der Waals surface area contributed by atoms with E-state index in [1.165, 1.54) is 0 Å². The molecule has 0 fully saturated rings. The van der Waals surface area contributed by atoms with Crippen molar-refractivity contribution in [1.82, 2.24) is 10.6 Å². The smallest absolute Gasteiger partial charge is 0.253 e. The van der Waals surface area contributed by atoms with Crippen LogP contribution in [0.15, 0.2) is 24.3 Å². The molecule has 4 heteroatoms. The van der Waals surface area contributed by atoms with E-state index in [4.69, 9.17) is 5.73 Å². The first kappa shape index (κ1) is 11.5. The molecule has 0 aliphatic rings. The summed E-state index contributed by atoms with van der Waals surface area (Å²) in [6.45, 7) is 2.58. The number of likely N-dealkylation sites (N-methyl/N-ethyl adjacent to an activating group) is 1. The average Bonchev–Trinajstić information content (AvgIpc) is 2.26. The minimum absolute atomic E-state index is 0.129. The fraction of sp³-hybridized carbons (Fsp3) is 0.364. The lowest BCUT2D eigenvalue weighted by Gasteiger charge is -2.12. The van der Waals surface area contributed by atoms with E-state index in [0.29, 0.717) is 17.8 Å². The number of benzene rings is 1. The fourth-order valence-electron chi connectivity index (χ4n) is 1.15. The maximum atomic E-state index is 11.7. The van der Waals surface area contributed by atoms with Gasteiger partial charge in [0.25, 0.3) is 5.91 Å². The van der Waals surface area contributed by atoms with Crippen LogP contribution in [0.2, 0.25) is 0 Å². The SMILES string of the molecule is CNC(C)CNC(=O)c1ccccc1N. The number of rotatable bonds is 4. The summed E-state index contributed by atoms with van der Waals surface area (Å²) in [5.74, 6) is -0.129. The second kappa shape index (κ2) is 5.36. The van der Waals surface area contributed by atoms with Crippen LogP contribution in [-0.2, 0) is 0 Å². The zero-order valence-electron chi connectivity index (χ0n) is 9.08. The largest absolute Gasteiger partial charge is 0.398 e. The van der Waals surface area contributed by atoms with Gasteiger partial charge in [-0.25, -0.2) is 0 Å². The predicted molar refractivity (Wildman–Crippen MR) is 61.7 cm³/mol. The van der Waals surface area contributed by atoms with Crippen LogP contribution >= 0.6 is 0 Å². The third-order valence-corrected chi connectivity index (χ3v) is 2.27. The van der Waals surface area contributed by atoms with Crippen LogP contribution < -0.4 is 16.4 Å². The molecule has 0 bridgehead atoms. The van der Waals surface area contributed by atoms with Crippen LogP contribution in [-0.4, -0.2) is 25.5 Å². The Morgan fingerprint density at radius 1 is 1.47 bits per heavy atom. The van der Waals surface area contributed by atoms with Gasteiger partial charge in [-0.3, -0.25) is 4.79 Å². The van der Waals surface area contributed by atoms with E-state index >= 15 is 0 Å². The van der Waals surface area contributed by atoms with Crippen molar-refractivity contribution in [3.8, 4) is 0 Å². The molecular formula is C11H17N3O. The molecule has 4 nitrogen and oxygen atoms in total. The number of para-hydroxylation sites is 1. The van der Waals surface area contributed by atoms with E-state index in [0.717, 1.165) is 0 Å². The van der Waals surface area contributed by atoms with E-state index in [-0.39, 0.29) is 11.9 Å². The molecule has 0 aliphatic heterocycles. The minimum Gasteiger partial charge on any atom is -0.398 e. The lowest BCUT2D eigenvalue weighted by atomic mass is 10.1. The normalized spacial score (nSPS) is 12.1. The maximum Gasteiger partial charge on any atom is 0.253 e. The summed E-state index contributed by atoms with van der Waals surface area (Å²) in [6.07, 6.45) is 0. The highest BCUT2D eigenvalue weighted by atomic mass is 16.1. The second-order valence-corrected chi connectivity index (χ2v) is 3.49. The van der Waals surface area contributed by atoms with Gasteiger partial charge in [0.05, 0.1) is 5.56 Å². The van der Waals surface area contributed by atoms with Crippen LogP contribution in [0.1, 0.15) is 17.3 Å². The molecule has 0 saturated carbocycles. The number of nitrogen functional groups attached to an aromatic ring is 1. The first-order valence-corrected chi connectivity index (χ1v) is 4.95. The molecule has 0 spiro atoms. The van der Waals surface area contributed by atoms with Crippen molar-refractivity contribution in [3.05, 3.63) is 29.8 Å². The van der Waals surface area contributed by atoms with Crippen molar-refractivity contribution in [2.45, 2.75) is 13.0 Å². The lowest BCUT2D eigenvalue weighted by Crippen LogP contribution is -2.37. The Hall–Kier alpha value is -1.55. The topological polar surface area (TPSA) is 67.1 Å². The molecule has 4 N–H and O–H groups in total. The van der Waals surface area contributed by atoms with Gasteiger partial charge in [-0.2, -0.15) is 0 Å². The van der Waals surface area contributed by atoms with Gasteiger partial charge in [0.2, 0.25) is 0 Å². The molecule has 0 radical (unpaired) electrons. The van der Waals surface area contributed by atoms with E-state index in [1.807, 2.05) is 20.0 Å². The Kier molecular flexibility index (Phi) is 4.12. The molecule has 0 heterocycles. The molecular weight excluding hydrogens is 190 g/mol. The van der Waals surface area contributed by atoms with Gasteiger partial charge in [0.1, 0.15) is 0 Å². The standard InChI is InChI=1S/C11H17N3O/c1-8(13-2)7-14-11(15)9-5-3-4-6-10(9)12/h3-6,8,13H,7,12H2,1-2H3,(H,14,15). The van der Waals surface area contributed by atoms with Gasteiger partial charge in [-0.15, -0.1) is 0 Å². The molecule has 0 aliphatic carbocycles. The van der Waals surface area contributed by atoms with Crippen molar-refractivity contribution in [3.63, 3.8) is 0 Å². The van der Waals surface area contributed by atoms with Crippen molar-refractivity contribution >= 4 is 11.6 Å². The van der Waals surface area contributed by atoms with Crippen LogP contribution in [0, 0.1) is 0 Å². The van der Waals surface area contributed by atoms with Crippen molar-refractivity contribution in [2.75, 3.05) is 19.3 Å². The lowest BCUT2D eigenvalue weighted by molar-refractivity contribution is 0.0951. The van der Waals surface area contributed by atoms with Gasteiger partial charge in [-0.1, -0.05) is 12.1 Å². The quantitative estimate of drug-likeness (QED) is 0.634. The van der Waals surface area contributed by atoms with Gasteiger partial charge in [-0.05, 0) is 26.1 Å². The number of carbonyl (C=O) groups excluding carboxylic acids is 1. The highest BCUT2D eigenvalue weighted by molar-refractivity contribution is 5.99. The zero-order chi connectivity index (χ0) is 11.3. The highest BCUT2D eigenvalue weighted by Gasteiger charge is 2.08. The number of hydrogen-bond donors (Lipinski definition) is 3. The summed E-state index contributed by atoms with van der Waals surface area (Å²) in [4.78, 5) is 11.7. The number of amides is 1. The Morgan fingerprint density at radius 3 is 2.73 bits per heavy atom. The van der Waals surface area contributed by atoms with Crippen molar-refractivity contribution < 1.29 is 4.79 Å². The van der Waals surface area contributed by atoms with E-state index in [2.05, 4.69) is 10.6 Å². The summed E-state index contributed by atoms with van der Waals surface area (Å²) in [6, 6.07) is 7.29. The minimum atomic E-state index is -0.129. The number of anilines is 1. The molecule has 1 aromatic rings. The first-order valence-electron chi connectivity index (χ1n) is 4.95. The summed E-state index contributed by atoms with van der Waals surface area (Å²) < 4.78 is 0. The Morgan fingerprint density at radius 2 is 2.13 bits per heavy atom. The molecule has 1 atom stereocenters. The summed E-state index contributed by atoms with van der Waals surface area (Å²) in [7, 11) is 1.85. The van der Waals surface area contributed by atoms with E-state index in [9.17, 15) is 4.79 Å². The molecule has 1 rings (SSSR count). The summed E-state index contributed by atoms with van der Waals surface area (Å²) in [5.41, 5.74) is 6.72. The molecule has 0 aromatic heterocycles. The monoisotopic (exact) mass is 207 g/mol. The molecule has 15 heavy (non-hydrogen) atoms. The second-order valence-electron chi connectivity index (χ2n) is 3.49. The predicted octanol–water partition coefficient (Wildman–Crippen LogP) is 0.606. The molecule has 1 unspecified atom stereocenters. The van der Waals surface area contributed by atoms with E-state index < -0.39 is 0 Å². The van der Waals surface area contributed by atoms with Gasteiger partial charge >= 0.3 is 0 Å².